The molecule has 0 saturated heterocycles. The van der Waals surface area contributed by atoms with Crippen LogP contribution in [-0.4, -0.2) is 8.07 Å². The first-order chi connectivity index (χ1) is 12.6. The molecule has 0 unspecified atom stereocenters. The molecule has 125 valence electrons. The van der Waals surface area contributed by atoms with Crippen LogP contribution in [-0.2, 0) is 0 Å². The lowest BCUT2D eigenvalue weighted by Gasteiger charge is -2.32. The maximum atomic E-state index is 6.10. The van der Waals surface area contributed by atoms with Gasteiger partial charge in [-0.1, -0.05) is 73.8 Å². The lowest BCUT2D eigenvalue weighted by molar-refractivity contribution is 0.669. The van der Waals surface area contributed by atoms with Gasteiger partial charge in [0.2, 0.25) is 0 Å². The Balaban J connectivity index is 1.81. The van der Waals surface area contributed by atoms with Crippen LogP contribution in [0.2, 0.25) is 13.1 Å². The van der Waals surface area contributed by atoms with Crippen LogP contribution in [0.3, 0.4) is 0 Å². The quantitative estimate of drug-likeness (QED) is 0.334. The Morgan fingerprint density at radius 3 is 2.38 bits per heavy atom. The van der Waals surface area contributed by atoms with Crippen LogP contribution in [0, 0.1) is 0 Å². The van der Waals surface area contributed by atoms with Crippen LogP contribution in [0.25, 0.3) is 43.8 Å². The third-order valence-corrected chi connectivity index (χ3v) is 9.60. The topological polar surface area (TPSA) is 13.1 Å². The van der Waals surface area contributed by atoms with Crippen molar-refractivity contribution < 1.29 is 4.42 Å². The van der Waals surface area contributed by atoms with Gasteiger partial charge in [0, 0.05) is 10.8 Å². The molecule has 0 saturated carbocycles. The van der Waals surface area contributed by atoms with Crippen LogP contribution in [0.15, 0.2) is 77.2 Å². The molecule has 0 N–H and O–H groups in total. The summed E-state index contributed by atoms with van der Waals surface area (Å²) in [7, 11) is -1.63. The fraction of sp³-hybridized carbons (Fsp3) is 0.0833. The Labute approximate surface area is 152 Å². The van der Waals surface area contributed by atoms with Gasteiger partial charge in [0.25, 0.3) is 0 Å². The largest absolute Gasteiger partial charge is 0.456 e. The van der Waals surface area contributed by atoms with Gasteiger partial charge in [-0.15, -0.1) is 0 Å². The SMILES string of the molecule is C[Si-]1(C)c2ccccc2-c2cc3c(ccc4oc5ccccc5c43)cc21. The van der Waals surface area contributed by atoms with Gasteiger partial charge in [0.1, 0.15) is 11.2 Å². The summed E-state index contributed by atoms with van der Waals surface area (Å²) in [5.74, 6) is 0. The van der Waals surface area contributed by atoms with Crippen LogP contribution in [0.1, 0.15) is 0 Å². The highest BCUT2D eigenvalue weighted by Crippen LogP contribution is 2.38. The summed E-state index contributed by atoms with van der Waals surface area (Å²) in [6.45, 7) is 4.94. The molecule has 0 fully saturated rings. The van der Waals surface area contributed by atoms with Gasteiger partial charge in [-0.2, -0.15) is 23.5 Å². The maximum absolute atomic E-state index is 6.10. The Morgan fingerprint density at radius 2 is 1.46 bits per heavy atom. The fourth-order valence-electron chi connectivity index (χ4n) is 4.74. The zero-order valence-electron chi connectivity index (χ0n) is 14.8. The molecule has 1 aliphatic heterocycles. The highest BCUT2D eigenvalue weighted by atomic mass is 28.3. The lowest BCUT2D eigenvalue weighted by atomic mass is 9.98. The van der Waals surface area contributed by atoms with E-state index in [9.17, 15) is 0 Å². The van der Waals surface area contributed by atoms with Crippen molar-refractivity contribution in [2.75, 3.05) is 0 Å². The van der Waals surface area contributed by atoms with Crippen LogP contribution < -0.4 is 10.4 Å². The summed E-state index contributed by atoms with van der Waals surface area (Å²) in [5.41, 5.74) is 4.78. The number of hydrogen-bond donors (Lipinski definition) is 0. The molecule has 2 heterocycles. The van der Waals surface area contributed by atoms with Gasteiger partial charge in [-0.3, -0.25) is 0 Å². The van der Waals surface area contributed by atoms with Crippen molar-refractivity contribution in [1.82, 2.24) is 0 Å². The molecule has 0 bridgehead atoms. The van der Waals surface area contributed by atoms with Crippen molar-refractivity contribution in [2.24, 2.45) is 0 Å². The zero-order chi connectivity index (χ0) is 17.5. The predicted octanol–water partition coefficient (Wildman–Crippen LogP) is 5.54. The van der Waals surface area contributed by atoms with Gasteiger partial charge in [-0.25, -0.2) is 0 Å². The second kappa shape index (κ2) is 4.66. The number of benzene rings is 4. The van der Waals surface area contributed by atoms with E-state index in [1.807, 2.05) is 6.07 Å². The van der Waals surface area contributed by atoms with Gasteiger partial charge < -0.3 is 4.42 Å². The smallest absolute Gasteiger partial charge is 0.136 e. The van der Waals surface area contributed by atoms with E-state index in [0.717, 1.165) is 11.2 Å². The molecule has 6 rings (SSSR count). The molecule has 1 nitrogen and oxygen atoms in total. The summed E-state index contributed by atoms with van der Waals surface area (Å²) < 4.78 is 6.10. The first kappa shape index (κ1) is 14.3. The molecule has 1 aliphatic rings. The van der Waals surface area contributed by atoms with E-state index in [2.05, 4.69) is 79.8 Å². The molecular formula is C24H18OSi-. The average Bonchev–Trinajstić information content (AvgIpc) is 3.15. The van der Waals surface area contributed by atoms with Crippen LogP contribution in [0.5, 0.6) is 0 Å². The van der Waals surface area contributed by atoms with Crippen molar-refractivity contribution in [3.8, 4) is 11.1 Å². The molecule has 0 atom stereocenters. The second-order valence-corrected chi connectivity index (χ2v) is 12.2. The van der Waals surface area contributed by atoms with Crippen molar-refractivity contribution in [3.63, 3.8) is 0 Å². The number of para-hydroxylation sites is 1. The van der Waals surface area contributed by atoms with E-state index in [0.29, 0.717) is 0 Å². The molecule has 2 heteroatoms. The van der Waals surface area contributed by atoms with Gasteiger partial charge in [0.05, 0.1) is 0 Å². The third kappa shape index (κ3) is 1.65. The summed E-state index contributed by atoms with van der Waals surface area (Å²) in [5, 5.41) is 8.17. The molecule has 1 aromatic heterocycles. The van der Waals surface area contributed by atoms with Crippen molar-refractivity contribution in [3.05, 3.63) is 72.8 Å². The van der Waals surface area contributed by atoms with Gasteiger partial charge >= 0.3 is 0 Å². The van der Waals surface area contributed by atoms with Crippen molar-refractivity contribution >= 4 is 51.2 Å². The minimum Gasteiger partial charge on any atom is -0.456 e. The van der Waals surface area contributed by atoms with E-state index in [-0.39, 0.29) is 0 Å². The number of fused-ring (bicyclic) bond motifs is 8. The van der Waals surface area contributed by atoms with Gasteiger partial charge in [0.15, 0.2) is 0 Å². The van der Waals surface area contributed by atoms with E-state index in [1.54, 1.807) is 10.4 Å². The molecular weight excluding hydrogens is 332 g/mol. The second-order valence-electron chi connectivity index (χ2n) is 7.83. The average molecular weight is 350 g/mol. The Kier molecular flexibility index (Phi) is 2.57. The highest BCUT2D eigenvalue weighted by molar-refractivity contribution is 7.04. The van der Waals surface area contributed by atoms with Gasteiger partial charge in [-0.05, 0) is 29.0 Å². The number of furan rings is 1. The lowest BCUT2D eigenvalue weighted by Crippen LogP contribution is -2.49. The normalized spacial score (nSPS) is 14.8. The molecule has 5 aromatic rings. The third-order valence-electron chi connectivity index (χ3n) is 6.06. The summed E-state index contributed by atoms with van der Waals surface area (Å²) in [4.78, 5) is 0. The molecule has 0 spiro atoms. The van der Waals surface area contributed by atoms with E-state index in [1.165, 1.54) is 32.7 Å². The Hall–Kier alpha value is -2.84. The van der Waals surface area contributed by atoms with E-state index < -0.39 is 8.07 Å². The van der Waals surface area contributed by atoms with Crippen molar-refractivity contribution in [1.29, 1.82) is 0 Å². The Bertz CT molecular complexity index is 1360. The minimum absolute atomic E-state index is 0.964. The summed E-state index contributed by atoms with van der Waals surface area (Å²) >= 11 is 0. The van der Waals surface area contributed by atoms with Crippen LogP contribution in [0.4, 0.5) is 0 Å². The predicted molar refractivity (Wildman–Crippen MR) is 113 cm³/mol. The molecule has 0 radical (unpaired) electrons. The Morgan fingerprint density at radius 1 is 0.654 bits per heavy atom. The molecule has 0 aliphatic carbocycles. The monoisotopic (exact) mass is 350 g/mol. The van der Waals surface area contributed by atoms with Crippen LogP contribution >= 0.6 is 0 Å². The minimum atomic E-state index is -1.63. The summed E-state index contributed by atoms with van der Waals surface area (Å²) in [6.07, 6.45) is 0. The highest BCUT2D eigenvalue weighted by Gasteiger charge is 2.27. The molecule has 0 amide bonds. The summed E-state index contributed by atoms with van der Waals surface area (Å²) in [6, 6.07) is 26.5. The molecule has 4 aromatic carbocycles. The maximum Gasteiger partial charge on any atom is 0.136 e. The number of rotatable bonds is 0. The van der Waals surface area contributed by atoms with Crippen molar-refractivity contribution in [2.45, 2.75) is 13.1 Å². The van der Waals surface area contributed by atoms with E-state index in [4.69, 9.17) is 4.42 Å². The first-order valence-corrected chi connectivity index (χ1v) is 12.1. The zero-order valence-corrected chi connectivity index (χ0v) is 15.8. The number of hydrogen-bond acceptors (Lipinski definition) is 1. The standard InChI is InChI=1S/C24H18OSi/c1-26(2)22-10-6-4-7-16(22)19-14-18-15(13-23(19)26)11-12-21-24(18)17-8-3-5-9-20(17)25-21/h3-14H,1-2H3/q-1. The first-order valence-electron chi connectivity index (χ1n) is 9.13. The van der Waals surface area contributed by atoms with E-state index >= 15 is 0 Å². The fourth-order valence-corrected chi connectivity index (χ4v) is 7.83. The molecule has 26 heavy (non-hydrogen) atoms.